The highest BCUT2D eigenvalue weighted by atomic mass is 16.5. The molecule has 114 valence electrons. The normalized spacial score (nSPS) is 13.5. The molecule has 1 aromatic rings. The van der Waals surface area contributed by atoms with E-state index in [0.717, 1.165) is 23.8 Å². The fourth-order valence-corrected chi connectivity index (χ4v) is 2.10. The lowest BCUT2D eigenvalue weighted by Crippen LogP contribution is -2.24. The topological polar surface area (TPSA) is 56.3 Å². The predicted molar refractivity (Wildman–Crippen MR) is 79.6 cm³/mol. The average molecular weight is 281 g/mol. The summed E-state index contributed by atoms with van der Waals surface area (Å²) in [5.41, 5.74) is 1.91. The van der Waals surface area contributed by atoms with Crippen LogP contribution in [0.15, 0.2) is 6.07 Å². The molecule has 0 saturated heterocycles. The summed E-state index contributed by atoms with van der Waals surface area (Å²) in [5.74, 6) is 0.753. The number of ether oxygens (including phenoxy) is 2. The first-order valence-corrected chi connectivity index (χ1v) is 6.95. The van der Waals surface area contributed by atoms with Crippen molar-refractivity contribution in [3.63, 3.8) is 0 Å². The molecule has 1 unspecified atom stereocenters. The smallest absolute Gasteiger partial charge is 0.158 e. The zero-order valence-electron chi connectivity index (χ0n) is 13.5. The Hall–Kier alpha value is -1.04. The van der Waals surface area contributed by atoms with Gasteiger partial charge in [-0.3, -0.25) is 0 Å². The van der Waals surface area contributed by atoms with Crippen LogP contribution in [0.1, 0.15) is 44.1 Å². The van der Waals surface area contributed by atoms with E-state index in [1.54, 1.807) is 14.2 Å². The van der Waals surface area contributed by atoms with E-state index in [-0.39, 0.29) is 11.5 Å². The number of aryl methyl sites for hydroxylation is 1. The summed E-state index contributed by atoms with van der Waals surface area (Å²) in [5, 5.41) is 3.30. The van der Waals surface area contributed by atoms with Crippen LogP contribution in [0.4, 0.5) is 0 Å². The lowest BCUT2D eigenvalue weighted by atomic mass is 9.88. The summed E-state index contributed by atoms with van der Waals surface area (Å²) in [6, 6.07) is 2.00. The average Bonchev–Trinajstić information content (AvgIpc) is 2.33. The quantitative estimate of drug-likeness (QED) is 0.777. The number of nitrogens with zero attached hydrogens (tertiary/aromatic N) is 2. The second-order valence-corrected chi connectivity index (χ2v) is 6.01. The SMILES string of the molecule is COCCNCc1cc(C)nc(C(OC)C(C)(C)C)n1. The number of rotatable bonds is 7. The van der Waals surface area contributed by atoms with Crippen molar-refractivity contribution in [2.24, 2.45) is 5.41 Å². The van der Waals surface area contributed by atoms with Crippen LogP contribution in [0.5, 0.6) is 0 Å². The Bertz CT molecular complexity index is 416. The summed E-state index contributed by atoms with van der Waals surface area (Å²) >= 11 is 0. The minimum absolute atomic E-state index is 0.0384. The fourth-order valence-electron chi connectivity index (χ4n) is 2.10. The number of aromatic nitrogens is 2. The van der Waals surface area contributed by atoms with Crippen molar-refractivity contribution >= 4 is 0 Å². The minimum Gasteiger partial charge on any atom is -0.383 e. The van der Waals surface area contributed by atoms with Crippen molar-refractivity contribution < 1.29 is 9.47 Å². The number of hydrogen-bond donors (Lipinski definition) is 1. The molecule has 0 bridgehead atoms. The largest absolute Gasteiger partial charge is 0.383 e. The highest BCUT2D eigenvalue weighted by Gasteiger charge is 2.29. The van der Waals surface area contributed by atoms with Crippen LogP contribution in [0, 0.1) is 12.3 Å². The van der Waals surface area contributed by atoms with Crippen LogP contribution in [0.2, 0.25) is 0 Å². The molecule has 1 N–H and O–H groups in total. The molecule has 0 aromatic carbocycles. The molecule has 0 aliphatic rings. The van der Waals surface area contributed by atoms with Gasteiger partial charge < -0.3 is 14.8 Å². The lowest BCUT2D eigenvalue weighted by molar-refractivity contribution is 0.00838. The van der Waals surface area contributed by atoms with Crippen molar-refractivity contribution in [2.45, 2.75) is 40.3 Å². The lowest BCUT2D eigenvalue weighted by Gasteiger charge is -2.28. The van der Waals surface area contributed by atoms with Gasteiger partial charge in [0, 0.05) is 33.0 Å². The third-order valence-corrected chi connectivity index (χ3v) is 2.97. The van der Waals surface area contributed by atoms with Gasteiger partial charge in [-0.2, -0.15) is 0 Å². The summed E-state index contributed by atoms with van der Waals surface area (Å²) in [6.45, 7) is 10.6. The van der Waals surface area contributed by atoms with E-state index in [9.17, 15) is 0 Å². The molecule has 1 aromatic heterocycles. The fraction of sp³-hybridized carbons (Fsp3) is 0.733. The molecular weight excluding hydrogens is 254 g/mol. The first-order chi connectivity index (χ1) is 9.38. The molecule has 0 radical (unpaired) electrons. The Morgan fingerprint density at radius 1 is 1.25 bits per heavy atom. The van der Waals surface area contributed by atoms with Crippen LogP contribution < -0.4 is 5.32 Å². The Balaban J connectivity index is 2.85. The first-order valence-electron chi connectivity index (χ1n) is 6.95. The second-order valence-electron chi connectivity index (χ2n) is 6.01. The molecule has 0 aliphatic carbocycles. The van der Waals surface area contributed by atoms with Gasteiger partial charge in [-0.05, 0) is 18.4 Å². The maximum atomic E-state index is 5.59. The highest BCUT2D eigenvalue weighted by molar-refractivity contribution is 5.12. The third kappa shape index (κ3) is 5.15. The summed E-state index contributed by atoms with van der Waals surface area (Å²) in [6.07, 6.45) is -0.111. The van der Waals surface area contributed by atoms with E-state index in [1.165, 1.54) is 0 Å². The van der Waals surface area contributed by atoms with Crippen LogP contribution in [0.3, 0.4) is 0 Å². The molecule has 1 heterocycles. The van der Waals surface area contributed by atoms with Gasteiger partial charge in [0.05, 0.1) is 12.3 Å². The zero-order chi connectivity index (χ0) is 15.2. The Morgan fingerprint density at radius 2 is 1.95 bits per heavy atom. The van der Waals surface area contributed by atoms with Crippen molar-refractivity contribution in [1.29, 1.82) is 0 Å². The zero-order valence-corrected chi connectivity index (χ0v) is 13.5. The number of methoxy groups -OCH3 is 2. The maximum absolute atomic E-state index is 5.59. The standard InChI is InChI=1S/C15H27N3O2/c1-11-9-12(10-16-7-8-19-5)18-14(17-11)13(20-6)15(2,3)4/h9,13,16H,7-8,10H2,1-6H3. The second kappa shape index (κ2) is 7.67. The van der Waals surface area contributed by atoms with E-state index in [0.29, 0.717) is 13.2 Å². The summed E-state index contributed by atoms with van der Waals surface area (Å²) in [7, 11) is 3.40. The molecule has 0 aliphatic heterocycles. The molecular formula is C15H27N3O2. The first kappa shape index (κ1) is 17.0. The monoisotopic (exact) mass is 281 g/mol. The van der Waals surface area contributed by atoms with Gasteiger partial charge in [0.15, 0.2) is 5.82 Å². The van der Waals surface area contributed by atoms with Crippen molar-refractivity contribution in [3.05, 3.63) is 23.3 Å². The van der Waals surface area contributed by atoms with Gasteiger partial charge in [-0.1, -0.05) is 20.8 Å². The molecule has 1 rings (SSSR count). The highest BCUT2D eigenvalue weighted by Crippen LogP contribution is 2.33. The van der Waals surface area contributed by atoms with Gasteiger partial charge in [0.25, 0.3) is 0 Å². The van der Waals surface area contributed by atoms with E-state index < -0.39 is 0 Å². The van der Waals surface area contributed by atoms with E-state index >= 15 is 0 Å². The Kier molecular flexibility index (Phi) is 6.52. The van der Waals surface area contributed by atoms with Gasteiger partial charge in [0.1, 0.15) is 6.10 Å². The molecule has 0 spiro atoms. The molecule has 0 fully saturated rings. The van der Waals surface area contributed by atoms with Gasteiger partial charge in [-0.15, -0.1) is 0 Å². The van der Waals surface area contributed by atoms with Gasteiger partial charge in [-0.25, -0.2) is 9.97 Å². The van der Waals surface area contributed by atoms with Gasteiger partial charge >= 0.3 is 0 Å². The number of hydrogen-bond acceptors (Lipinski definition) is 5. The van der Waals surface area contributed by atoms with Crippen LogP contribution in [-0.2, 0) is 16.0 Å². The van der Waals surface area contributed by atoms with Crippen molar-refractivity contribution in [1.82, 2.24) is 15.3 Å². The molecule has 0 saturated carbocycles. The Labute approximate surface area is 122 Å². The Morgan fingerprint density at radius 3 is 2.50 bits per heavy atom. The van der Waals surface area contributed by atoms with E-state index in [1.807, 2.05) is 13.0 Å². The van der Waals surface area contributed by atoms with E-state index in [2.05, 4.69) is 36.1 Å². The maximum Gasteiger partial charge on any atom is 0.158 e. The van der Waals surface area contributed by atoms with Crippen LogP contribution in [-0.4, -0.2) is 37.3 Å². The minimum atomic E-state index is -0.111. The van der Waals surface area contributed by atoms with E-state index in [4.69, 9.17) is 9.47 Å². The van der Waals surface area contributed by atoms with Crippen LogP contribution >= 0.6 is 0 Å². The predicted octanol–water partition coefficient (Wildman–Crippen LogP) is 2.25. The molecule has 5 nitrogen and oxygen atoms in total. The van der Waals surface area contributed by atoms with Crippen molar-refractivity contribution in [2.75, 3.05) is 27.4 Å². The molecule has 20 heavy (non-hydrogen) atoms. The van der Waals surface area contributed by atoms with Crippen molar-refractivity contribution in [3.8, 4) is 0 Å². The van der Waals surface area contributed by atoms with Crippen LogP contribution in [0.25, 0.3) is 0 Å². The third-order valence-electron chi connectivity index (χ3n) is 2.97. The molecule has 0 amide bonds. The van der Waals surface area contributed by atoms with Gasteiger partial charge in [0.2, 0.25) is 0 Å². The summed E-state index contributed by atoms with van der Waals surface area (Å²) < 4.78 is 10.6. The number of nitrogens with one attached hydrogen (secondary N) is 1. The molecule has 5 heteroatoms. The molecule has 1 atom stereocenters. The summed E-state index contributed by atoms with van der Waals surface area (Å²) in [4.78, 5) is 9.16.